The molecule has 1 aliphatic rings. The van der Waals surface area contributed by atoms with Gasteiger partial charge in [-0.05, 0) is 57.0 Å². The van der Waals surface area contributed by atoms with Crippen LogP contribution in [0, 0.1) is 15.4 Å². The number of hydrogen-bond acceptors (Lipinski definition) is 5. The molecule has 1 fully saturated rings. The second-order valence-electron chi connectivity index (χ2n) is 11.6. The zero-order chi connectivity index (χ0) is 32.8. The third-order valence-corrected chi connectivity index (χ3v) is 9.05. The minimum absolute atomic E-state index is 0.298. The van der Waals surface area contributed by atoms with Gasteiger partial charge in [0.15, 0.2) is 0 Å². The van der Waals surface area contributed by atoms with Gasteiger partial charge in [0.05, 0.1) is 33.0 Å². The standard InChI is InChI=1S/C42H39IO5/c43-37-24-14-13-23-36(37)25-26-38-40(45-28-33-17-7-2-8-18-33)42(47-30-35-21-11-4-12-22-35)41(46-29-34-19-9-3-10-20-34)39(48-38)31-44-27-32-15-5-1-6-16-32/h1-24,38-42H,27-31H2/t38-,39+,40-,41+,42+/m0/s1. The molecule has 5 nitrogen and oxygen atoms in total. The molecule has 1 saturated heterocycles. The lowest BCUT2D eigenvalue weighted by Crippen LogP contribution is -2.60. The Labute approximate surface area is 297 Å². The summed E-state index contributed by atoms with van der Waals surface area (Å²) in [7, 11) is 0. The Balaban J connectivity index is 1.34. The molecule has 48 heavy (non-hydrogen) atoms. The van der Waals surface area contributed by atoms with Crippen LogP contribution in [-0.2, 0) is 50.1 Å². The molecular formula is C42H39IO5. The van der Waals surface area contributed by atoms with Gasteiger partial charge in [-0.3, -0.25) is 0 Å². The summed E-state index contributed by atoms with van der Waals surface area (Å²) in [6.45, 7) is 1.90. The van der Waals surface area contributed by atoms with Gasteiger partial charge in [0, 0.05) is 9.13 Å². The number of hydrogen-bond donors (Lipinski definition) is 0. The molecule has 0 bridgehead atoms. The van der Waals surface area contributed by atoms with Gasteiger partial charge in [0.2, 0.25) is 0 Å². The Kier molecular flexibility index (Phi) is 12.8. The Morgan fingerprint density at radius 2 is 0.938 bits per heavy atom. The van der Waals surface area contributed by atoms with E-state index in [1.54, 1.807) is 0 Å². The molecule has 1 heterocycles. The van der Waals surface area contributed by atoms with E-state index in [-0.39, 0.29) is 0 Å². The highest BCUT2D eigenvalue weighted by molar-refractivity contribution is 14.1. The van der Waals surface area contributed by atoms with Crippen LogP contribution in [0.15, 0.2) is 146 Å². The highest BCUT2D eigenvalue weighted by Crippen LogP contribution is 2.31. The van der Waals surface area contributed by atoms with Crippen molar-refractivity contribution in [3.8, 4) is 11.8 Å². The molecule has 244 valence electrons. The molecule has 6 rings (SSSR count). The Morgan fingerprint density at radius 1 is 0.500 bits per heavy atom. The Bertz CT molecular complexity index is 1720. The monoisotopic (exact) mass is 750 g/mol. The average Bonchev–Trinajstić information content (AvgIpc) is 3.14. The van der Waals surface area contributed by atoms with Crippen LogP contribution in [0.1, 0.15) is 27.8 Å². The van der Waals surface area contributed by atoms with E-state index in [0.29, 0.717) is 33.0 Å². The predicted octanol–water partition coefficient (Wildman–Crippen LogP) is 8.38. The fraction of sp³-hybridized carbons (Fsp3) is 0.238. The van der Waals surface area contributed by atoms with Crippen LogP contribution in [0.5, 0.6) is 0 Å². The zero-order valence-electron chi connectivity index (χ0n) is 26.7. The largest absolute Gasteiger partial charge is 0.374 e. The molecule has 5 atom stereocenters. The molecule has 5 aromatic rings. The highest BCUT2D eigenvalue weighted by Gasteiger charge is 2.48. The number of halogens is 1. The first-order valence-electron chi connectivity index (χ1n) is 16.2. The van der Waals surface area contributed by atoms with E-state index < -0.39 is 30.5 Å². The maximum absolute atomic E-state index is 6.84. The maximum atomic E-state index is 6.84. The Hall–Kier alpha value is -3.81. The smallest absolute Gasteiger partial charge is 0.147 e. The average molecular weight is 751 g/mol. The summed E-state index contributed by atoms with van der Waals surface area (Å²) in [6, 6.07) is 48.7. The molecule has 0 N–H and O–H groups in total. The summed E-state index contributed by atoms with van der Waals surface area (Å²) in [4.78, 5) is 0. The van der Waals surface area contributed by atoms with Crippen molar-refractivity contribution in [1.82, 2.24) is 0 Å². The third-order valence-electron chi connectivity index (χ3n) is 8.11. The molecule has 0 aromatic heterocycles. The lowest BCUT2D eigenvalue weighted by atomic mass is 9.94. The van der Waals surface area contributed by atoms with Crippen LogP contribution in [0.3, 0.4) is 0 Å². The first kappa shape index (κ1) is 34.1. The van der Waals surface area contributed by atoms with Crippen molar-refractivity contribution in [1.29, 1.82) is 0 Å². The summed E-state index contributed by atoms with van der Waals surface area (Å²) < 4.78 is 34.5. The minimum Gasteiger partial charge on any atom is -0.374 e. The summed E-state index contributed by atoms with van der Waals surface area (Å²) in [5.74, 6) is 6.81. The molecule has 1 aliphatic heterocycles. The van der Waals surface area contributed by atoms with E-state index >= 15 is 0 Å². The second kappa shape index (κ2) is 18.1. The highest BCUT2D eigenvalue weighted by atomic mass is 127. The first-order valence-corrected chi connectivity index (χ1v) is 17.3. The molecular weight excluding hydrogens is 711 g/mol. The van der Waals surface area contributed by atoms with E-state index in [0.717, 1.165) is 31.4 Å². The molecule has 0 unspecified atom stereocenters. The topological polar surface area (TPSA) is 46.2 Å². The number of rotatable bonds is 13. The number of benzene rings is 5. The van der Waals surface area contributed by atoms with Gasteiger partial charge in [-0.2, -0.15) is 0 Å². The summed E-state index contributed by atoms with van der Waals surface area (Å²) in [5.41, 5.74) is 5.20. The van der Waals surface area contributed by atoms with Gasteiger partial charge in [-0.25, -0.2) is 0 Å². The van der Waals surface area contributed by atoms with Crippen LogP contribution in [0.2, 0.25) is 0 Å². The van der Waals surface area contributed by atoms with Gasteiger partial charge >= 0.3 is 0 Å². The van der Waals surface area contributed by atoms with Crippen LogP contribution in [-0.4, -0.2) is 37.1 Å². The zero-order valence-corrected chi connectivity index (χ0v) is 28.9. The minimum atomic E-state index is -0.604. The van der Waals surface area contributed by atoms with Crippen molar-refractivity contribution < 1.29 is 23.7 Å². The van der Waals surface area contributed by atoms with Gasteiger partial charge in [0.1, 0.15) is 30.5 Å². The molecule has 5 aromatic carbocycles. The van der Waals surface area contributed by atoms with Gasteiger partial charge in [0.25, 0.3) is 0 Å². The fourth-order valence-electron chi connectivity index (χ4n) is 5.62. The first-order chi connectivity index (χ1) is 23.7. The van der Waals surface area contributed by atoms with Crippen molar-refractivity contribution in [2.45, 2.75) is 56.9 Å². The van der Waals surface area contributed by atoms with Crippen molar-refractivity contribution >= 4 is 22.6 Å². The predicted molar refractivity (Wildman–Crippen MR) is 196 cm³/mol. The van der Waals surface area contributed by atoms with Crippen molar-refractivity contribution in [2.75, 3.05) is 6.61 Å². The summed E-state index contributed by atoms with van der Waals surface area (Å²) in [6.07, 6.45) is -2.63. The normalized spacial score (nSPS) is 20.5. The third kappa shape index (κ3) is 9.86. The van der Waals surface area contributed by atoms with E-state index in [1.807, 2.05) is 91.0 Å². The molecule has 0 saturated carbocycles. The second-order valence-corrected chi connectivity index (χ2v) is 12.8. The summed E-state index contributed by atoms with van der Waals surface area (Å²) >= 11 is 2.32. The van der Waals surface area contributed by atoms with Crippen LogP contribution < -0.4 is 0 Å². The van der Waals surface area contributed by atoms with Gasteiger partial charge in [-0.1, -0.05) is 145 Å². The van der Waals surface area contributed by atoms with Gasteiger partial charge in [-0.15, -0.1) is 0 Å². The molecule has 0 spiro atoms. The van der Waals surface area contributed by atoms with Crippen LogP contribution in [0.25, 0.3) is 0 Å². The van der Waals surface area contributed by atoms with Gasteiger partial charge < -0.3 is 23.7 Å². The molecule has 0 amide bonds. The lowest BCUT2D eigenvalue weighted by Gasteiger charge is -2.45. The van der Waals surface area contributed by atoms with Crippen molar-refractivity contribution in [3.05, 3.63) is 177 Å². The Morgan fingerprint density at radius 3 is 1.46 bits per heavy atom. The van der Waals surface area contributed by atoms with E-state index in [9.17, 15) is 0 Å². The summed E-state index contributed by atoms with van der Waals surface area (Å²) in [5, 5.41) is 0. The quantitative estimate of drug-likeness (QED) is 0.0895. The van der Waals surface area contributed by atoms with E-state index in [1.165, 1.54) is 0 Å². The van der Waals surface area contributed by atoms with Crippen molar-refractivity contribution in [3.63, 3.8) is 0 Å². The fourth-order valence-corrected chi connectivity index (χ4v) is 6.14. The SMILES string of the molecule is Ic1ccccc1C#C[C@@H]1O[C@H](COCc2ccccc2)[C@@H](OCc2ccccc2)[C@H](OCc2ccccc2)[C@H]1OCc1ccccc1. The van der Waals surface area contributed by atoms with E-state index in [4.69, 9.17) is 23.7 Å². The van der Waals surface area contributed by atoms with Crippen molar-refractivity contribution in [2.24, 2.45) is 0 Å². The van der Waals surface area contributed by atoms with Crippen LogP contribution in [0.4, 0.5) is 0 Å². The maximum Gasteiger partial charge on any atom is 0.147 e. The van der Waals surface area contributed by atoms with E-state index in [2.05, 4.69) is 89.0 Å². The van der Waals surface area contributed by atoms with Crippen LogP contribution >= 0.6 is 22.6 Å². The molecule has 0 aliphatic carbocycles. The lowest BCUT2D eigenvalue weighted by molar-refractivity contribution is -0.261. The molecule has 6 heteroatoms. The molecule has 0 radical (unpaired) electrons. The number of ether oxygens (including phenoxy) is 5.